The lowest BCUT2D eigenvalue weighted by atomic mass is 10.0. The summed E-state index contributed by atoms with van der Waals surface area (Å²) in [5, 5.41) is 15.0. The maximum atomic E-state index is 13.1. The fourth-order valence-electron chi connectivity index (χ4n) is 3.61. The van der Waals surface area contributed by atoms with Crippen LogP contribution in [0.25, 0.3) is 0 Å². The molecule has 0 aliphatic carbocycles. The van der Waals surface area contributed by atoms with Crippen molar-refractivity contribution in [2.75, 3.05) is 26.2 Å². The molecule has 2 N–H and O–H groups in total. The highest BCUT2D eigenvalue weighted by Gasteiger charge is 2.20. The van der Waals surface area contributed by atoms with E-state index in [4.69, 9.17) is 4.99 Å². The fraction of sp³-hybridized carbons (Fsp3) is 0.571. The summed E-state index contributed by atoms with van der Waals surface area (Å²) in [5.41, 5.74) is 1.16. The minimum atomic E-state index is -0.179. The topological polar surface area (TPSA) is 70.4 Å². The summed E-state index contributed by atoms with van der Waals surface area (Å²) in [7, 11) is 0. The average molecular weight is 529 g/mol. The Balaban J connectivity index is 0.00000320. The number of aromatic nitrogens is 3. The molecule has 1 fully saturated rings. The third kappa shape index (κ3) is 7.50. The van der Waals surface area contributed by atoms with Gasteiger partial charge in [-0.1, -0.05) is 19.1 Å². The van der Waals surface area contributed by atoms with Gasteiger partial charge in [-0.3, -0.25) is 9.89 Å². The summed E-state index contributed by atoms with van der Waals surface area (Å²) >= 11 is 0. The van der Waals surface area contributed by atoms with E-state index in [-0.39, 0.29) is 29.8 Å². The first-order valence-electron chi connectivity index (χ1n) is 10.6. The zero-order valence-electron chi connectivity index (χ0n) is 17.9. The lowest BCUT2D eigenvalue weighted by molar-refractivity contribution is 0.198. The van der Waals surface area contributed by atoms with E-state index in [0.29, 0.717) is 12.6 Å². The summed E-state index contributed by atoms with van der Waals surface area (Å²) in [6.45, 7) is 9.38. The van der Waals surface area contributed by atoms with Crippen molar-refractivity contribution in [3.8, 4) is 0 Å². The van der Waals surface area contributed by atoms with Crippen LogP contribution in [0.1, 0.15) is 38.1 Å². The van der Waals surface area contributed by atoms with Crippen molar-refractivity contribution in [3.05, 3.63) is 47.8 Å². The van der Waals surface area contributed by atoms with Gasteiger partial charge in [0.25, 0.3) is 0 Å². The van der Waals surface area contributed by atoms with Crippen LogP contribution >= 0.6 is 24.0 Å². The van der Waals surface area contributed by atoms with Gasteiger partial charge < -0.3 is 15.2 Å². The summed E-state index contributed by atoms with van der Waals surface area (Å²) in [4.78, 5) is 7.15. The van der Waals surface area contributed by atoms with E-state index in [2.05, 4.69) is 44.1 Å². The van der Waals surface area contributed by atoms with Crippen LogP contribution in [0.15, 0.2) is 35.6 Å². The molecular formula is C21H33FIN7. The van der Waals surface area contributed by atoms with Gasteiger partial charge in [0.05, 0.1) is 6.54 Å². The molecule has 0 spiro atoms. The smallest absolute Gasteiger partial charge is 0.191 e. The monoisotopic (exact) mass is 529 g/mol. The molecule has 1 aliphatic heterocycles. The average Bonchev–Trinajstić information content (AvgIpc) is 3.19. The van der Waals surface area contributed by atoms with Crippen molar-refractivity contribution in [2.45, 2.75) is 52.2 Å². The quantitative estimate of drug-likeness (QED) is 0.313. The molecule has 166 valence electrons. The van der Waals surface area contributed by atoms with Gasteiger partial charge in [-0.25, -0.2) is 4.39 Å². The van der Waals surface area contributed by atoms with Gasteiger partial charge >= 0.3 is 0 Å². The number of likely N-dealkylation sites (tertiary alicyclic amines) is 1. The summed E-state index contributed by atoms with van der Waals surface area (Å²) in [6, 6.07) is 7.22. The third-order valence-corrected chi connectivity index (χ3v) is 5.21. The van der Waals surface area contributed by atoms with Crippen molar-refractivity contribution >= 4 is 29.9 Å². The number of piperidine rings is 1. The molecule has 0 unspecified atom stereocenters. The van der Waals surface area contributed by atoms with E-state index in [0.717, 1.165) is 69.3 Å². The third-order valence-electron chi connectivity index (χ3n) is 5.21. The van der Waals surface area contributed by atoms with Crippen LogP contribution in [0, 0.1) is 5.82 Å². The Labute approximate surface area is 195 Å². The van der Waals surface area contributed by atoms with Crippen molar-refractivity contribution in [2.24, 2.45) is 4.99 Å². The SMILES string of the molecule is CCNC(=NCCn1cnnc1CC)NC1CCN(Cc2ccc(F)cc2)CC1.I. The standard InChI is InChI=1S/C21H32FN7.HI/c1-3-20-27-25-16-29(20)14-11-24-21(23-4-2)26-19-9-12-28(13-10-19)15-17-5-7-18(22)8-6-17;/h5-8,16,19H,3-4,9-15H2,1-2H3,(H2,23,24,26);1H. The number of hydrogen-bond donors (Lipinski definition) is 2. The predicted molar refractivity (Wildman–Crippen MR) is 129 cm³/mol. The molecule has 0 atom stereocenters. The second kappa shape index (κ2) is 12.8. The number of guanidine groups is 1. The Bertz CT molecular complexity index is 770. The molecule has 0 bridgehead atoms. The number of halogens is 2. The Hall–Kier alpha value is -1.75. The second-order valence-electron chi connectivity index (χ2n) is 7.38. The van der Waals surface area contributed by atoms with Crippen LogP contribution in [0.5, 0.6) is 0 Å². The summed E-state index contributed by atoms with van der Waals surface area (Å²) in [6.07, 6.45) is 4.78. The summed E-state index contributed by atoms with van der Waals surface area (Å²) < 4.78 is 15.1. The van der Waals surface area contributed by atoms with E-state index < -0.39 is 0 Å². The molecule has 0 radical (unpaired) electrons. The molecule has 3 rings (SSSR count). The van der Waals surface area contributed by atoms with Crippen molar-refractivity contribution in [1.82, 2.24) is 30.3 Å². The van der Waals surface area contributed by atoms with Gasteiger partial charge in [0.1, 0.15) is 18.0 Å². The van der Waals surface area contributed by atoms with Crippen LogP contribution in [-0.2, 0) is 19.5 Å². The van der Waals surface area contributed by atoms with Gasteiger partial charge in [-0.2, -0.15) is 0 Å². The Morgan fingerprint density at radius 2 is 1.93 bits per heavy atom. The van der Waals surface area contributed by atoms with Crippen molar-refractivity contribution in [1.29, 1.82) is 0 Å². The lowest BCUT2D eigenvalue weighted by Gasteiger charge is -2.33. The highest BCUT2D eigenvalue weighted by molar-refractivity contribution is 14.0. The largest absolute Gasteiger partial charge is 0.357 e. The highest BCUT2D eigenvalue weighted by atomic mass is 127. The lowest BCUT2D eigenvalue weighted by Crippen LogP contribution is -2.48. The van der Waals surface area contributed by atoms with Gasteiger partial charge in [-0.05, 0) is 37.5 Å². The number of hydrogen-bond acceptors (Lipinski definition) is 4. The molecule has 9 heteroatoms. The normalized spacial score (nSPS) is 15.6. The number of nitrogens with zero attached hydrogens (tertiary/aromatic N) is 5. The Kier molecular flexibility index (Phi) is 10.5. The van der Waals surface area contributed by atoms with E-state index in [1.54, 1.807) is 6.33 Å². The van der Waals surface area contributed by atoms with Crippen LogP contribution in [0.3, 0.4) is 0 Å². The summed E-state index contributed by atoms with van der Waals surface area (Å²) in [5.74, 6) is 1.68. The van der Waals surface area contributed by atoms with E-state index in [1.165, 1.54) is 12.1 Å². The van der Waals surface area contributed by atoms with Crippen molar-refractivity contribution in [3.63, 3.8) is 0 Å². The molecule has 1 aliphatic rings. The van der Waals surface area contributed by atoms with Gasteiger partial charge in [0.2, 0.25) is 0 Å². The second-order valence-corrected chi connectivity index (χ2v) is 7.38. The Morgan fingerprint density at radius 1 is 1.20 bits per heavy atom. The van der Waals surface area contributed by atoms with E-state index >= 15 is 0 Å². The van der Waals surface area contributed by atoms with E-state index in [9.17, 15) is 4.39 Å². The molecule has 30 heavy (non-hydrogen) atoms. The predicted octanol–water partition coefficient (Wildman–Crippen LogP) is 2.82. The van der Waals surface area contributed by atoms with Gasteiger partial charge in [-0.15, -0.1) is 34.2 Å². The van der Waals surface area contributed by atoms with Gasteiger partial charge in [0, 0.05) is 45.2 Å². The molecule has 2 heterocycles. The van der Waals surface area contributed by atoms with Crippen LogP contribution in [0.2, 0.25) is 0 Å². The van der Waals surface area contributed by atoms with Crippen LogP contribution in [-0.4, -0.2) is 57.8 Å². The number of benzene rings is 1. The van der Waals surface area contributed by atoms with Crippen molar-refractivity contribution < 1.29 is 4.39 Å². The number of aryl methyl sites for hydroxylation is 1. The zero-order valence-corrected chi connectivity index (χ0v) is 20.2. The number of rotatable bonds is 8. The molecule has 0 saturated carbocycles. The minimum absolute atomic E-state index is 0. The molecule has 1 aromatic heterocycles. The Morgan fingerprint density at radius 3 is 2.60 bits per heavy atom. The number of nitrogens with one attached hydrogen (secondary N) is 2. The van der Waals surface area contributed by atoms with Gasteiger partial charge in [0.15, 0.2) is 5.96 Å². The molecule has 0 amide bonds. The maximum absolute atomic E-state index is 13.1. The molecule has 7 nitrogen and oxygen atoms in total. The first-order valence-corrected chi connectivity index (χ1v) is 10.6. The van der Waals surface area contributed by atoms with Crippen LogP contribution in [0.4, 0.5) is 4.39 Å². The first kappa shape index (κ1) is 24.5. The van der Waals surface area contributed by atoms with E-state index in [1.807, 2.05) is 12.1 Å². The molecule has 2 aromatic rings. The molecular weight excluding hydrogens is 496 g/mol. The maximum Gasteiger partial charge on any atom is 0.191 e. The highest BCUT2D eigenvalue weighted by Crippen LogP contribution is 2.14. The first-order chi connectivity index (χ1) is 14.2. The fourth-order valence-corrected chi connectivity index (χ4v) is 3.61. The number of aliphatic imine (C=N–C) groups is 1. The van der Waals surface area contributed by atoms with Crippen LogP contribution < -0.4 is 10.6 Å². The molecule has 1 aromatic carbocycles. The minimum Gasteiger partial charge on any atom is -0.357 e. The molecule has 1 saturated heterocycles. The zero-order chi connectivity index (χ0) is 20.5.